The zero-order valence-corrected chi connectivity index (χ0v) is 35.6. The number of phosphoric acid groups is 1. The molecule has 0 bridgehead atoms. The second-order valence-corrected chi connectivity index (χ2v) is 16.8. The van der Waals surface area contributed by atoms with Crippen molar-refractivity contribution in [1.82, 2.24) is 5.32 Å². The van der Waals surface area contributed by atoms with Crippen molar-refractivity contribution >= 4 is 13.7 Å². The maximum Gasteiger partial charge on any atom is 0.268 e. The van der Waals surface area contributed by atoms with Crippen molar-refractivity contribution in [2.75, 3.05) is 40.9 Å². The molecule has 0 saturated heterocycles. The molecule has 0 aromatic rings. The lowest BCUT2D eigenvalue weighted by Crippen LogP contribution is -2.45. The molecule has 308 valence electrons. The van der Waals surface area contributed by atoms with E-state index >= 15 is 0 Å². The molecular weight excluding hydrogens is 683 g/mol. The number of amides is 1. The minimum atomic E-state index is -4.60. The van der Waals surface area contributed by atoms with Crippen molar-refractivity contribution in [3.05, 3.63) is 60.8 Å². The standard InChI is InChI=1S/C44H81N2O6P/c1-6-8-10-12-14-16-18-20-21-22-23-24-25-26-28-30-32-34-36-38-44(48)45-42(41-52-53(49,50)51-40-39-46(3,4)5)43(47)37-35-33-31-29-27-19-17-15-13-11-9-7-2/h13-16,18,20,27,29,35,37,42-43,47H,6-12,17,19,21-26,28,30-34,36,38-41H2,1-5H3,(H-,45,48,49,50)/b15-13+,16-14-,20-18-,29-27+,37-35+. The smallest absolute Gasteiger partial charge is 0.268 e. The predicted molar refractivity (Wildman–Crippen MR) is 224 cm³/mol. The summed E-state index contributed by atoms with van der Waals surface area (Å²) in [6.45, 7) is 4.51. The highest BCUT2D eigenvalue weighted by Gasteiger charge is 2.23. The number of nitrogens with one attached hydrogen (secondary N) is 1. The third kappa shape index (κ3) is 38.3. The molecule has 53 heavy (non-hydrogen) atoms. The molecule has 0 heterocycles. The van der Waals surface area contributed by atoms with Crippen LogP contribution in [0.25, 0.3) is 0 Å². The van der Waals surface area contributed by atoms with Crippen LogP contribution in [-0.4, -0.2) is 68.5 Å². The number of unbranched alkanes of at least 4 members (excludes halogenated alkanes) is 17. The van der Waals surface area contributed by atoms with Crippen LogP contribution in [0.5, 0.6) is 0 Å². The van der Waals surface area contributed by atoms with E-state index in [1.54, 1.807) is 6.08 Å². The van der Waals surface area contributed by atoms with E-state index in [1.807, 2.05) is 27.2 Å². The van der Waals surface area contributed by atoms with Gasteiger partial charge in [0, 0.05) is 6.42 Å². The number of hydrogen-bond donors (Lipinski definition) is 2. The molecule has 0 saturated carbocycles. The van der Waals surface area contributed by atoms with E-state index in [9.17, 15) is 19.4 Å². The van der Waals surface area contributed by atoms with Crippen molar-refractivity contribution in [3.63, 3.8) is 0 Å². The Labute approximate surface area is 326 Å². The molecule has 0 aliphatic rings. The van der Waals surface area contributed by atoms with E-state index in [2.05, 4.69) is 67.8 Å². The highest BCUT2D eigenvalue weighted by atomic mass is 31.2. The number of aliphatic hydroxyl groups is 1. The second kappa shape index (κ2) is 35.9. The third-order valence-corrected chi connectivity index (χ3v) is 9.92. The molecule has 2 N–H and O–H groups in total. The lowest BCUT2D eigenvalue weighted by Gasteiger charge is -2.29. The van der Waals surface area contributed by atoms with Gasteiger partial charge in [0.15, 0.2) is 0 Å². The monoisotopic (exact) mass is 765 g/mol. The Morgan fingerprint density at radius 2 is 1.13 bits per heavy atom. The zero-order valence-electron chi connectivity index (χ0n) is 34.7. The fourth-order valence-electron chi connectivity index (χ4n) is 5.51. The van der Waals surface area contributed by atoms with Gasteiger partial charge in [-0.2, -0.15) is 0 Å². The van der Waals surface area contributed by atoms with E-state index in [0.29, 0.717) is 17.4 Å². The molecule has 0 aromatic carbocycles. The van der Waals surface area contributed by atoms with Crippen molar-refractivity contribution in [3.8, 4) is 0 Å². The van der Waals surface area contributed by atoms with Gasteiger partial charge in [-0.3, -0.25) is 9.36 Å². The number of aliphatic hydroxyl groups excluding tert-OH is 1. The van der Waals surface area contributed by atoms with Gasteiger partial charge in [0.05, 0.1) is 39.9 Å². The summed E-state index contributed by atoms with van der Waals surface area (Å²) >= 11 is 0. The molecule has 3 unspecified atom stereocenters. The van der Waals surface area contributed by atoms with Gasteiger partial charge in [-0.15, -0.1) is 0 Å². The van der Waals surface area contributed by atoms with E-state index in [4.69, 9.17) is 9.05 Å². The molecule has 3 atom stereocenters. The first kappa shape index (κ1) is 51.2. The first-order valence-electron chi connectivity index (χ1n) is 21.2. The van der Waals surface area contributed by atoms with Crippen molar-refractivity contribution in [2.24, 2.45) is 0 Å². The normalized spacial score (nSPS) is 15.1. The summed E-state index contributed by atoms with van der Waals surface area (Å²) < 4.78 is 23.1. The highest BCUT2D eigenvalue weighted by Crippen LogP contribution is 2.38. The molecule has 0 radical (unpaired) electrons. The average Bonchev–Trinajstić information content (AvgIpc) is 3.10. The number of hydrogen-bond acceptors (Lipinski definition) is 6. The molecule has 0 aromatic heterocycles. The summed E-state index contributed by atoms with van der Waals surface area (Å²) in [6.07, 6.45) is 45.5. The van der Waals surface area contributed by atoms with Crippen molar-refractivity contribution in [1.29, 1.82) is 0 Å². The van der Waals surface area contributed by atoms with Crippen LogP contribution in [0.15, 0.2) is 60.8 Å². The van der Waals surface area contributed by atoms with Gasteiger partial charge in [-0.05, 0) is 64.2 Å². The van der Waals surface area contributed by atoms with Crippen LogP contribution in [0.4, 0.5) is 0 Å². The molecule has 9 heteroatoms. The van der Waals surface area contributed by atoms with Crippen LogP contribution >= 0.6 is 7.82 Å². The molecule has 0 spiro atoms. The summed E-state index contributed by atoms with van der Waals surface area (Å²) in [5, 5.41) is 13.7. The maximum atomic E-state index is 12.8. The van der Waals surface area contributed by atoms with Crippen molar-refractivity contribution in [2.45, 2.75) is 174 Å². The SMILES string of the molecule is CCCC/C=C/CC/C=C/CC/C=C/C(O)C(COP(=O)([O-])OCC[N+](C)(C)C)NC(=O)CCCCCCCCCCCC/C=C\C=C/CCCCC. The number of phosphoric ester groups is 1. The average molecular weight is 765 g/mol. The Balaban J connectivity index is 4.46. The number of nitrogens with zero attached hydrogens (tertiary/aromatic N) is 1. The van der Waals surface area contributed by atoms with Crippen LogP contribution in [0.1, 0.15) is 162 Å². The topological polar surface area (TPSA) is 108 Å². The Hall–Kier alpha value is -1.80. The van der Waals surface area contributed by atoms with Crippen LogP contribution < -0.4 is 10.2 Å². The lowest BCUT2D eigenvalue weighted by molar-refractivity contribution is -0.870. The molecule has 0 aliphatic carbocycles. The number of carbonyl (C=O) groups excluding carboxylic acids is 1. The van der Waals surface area contributed by atoms with E-state index in [0.717, 1.165) is 57.8 Å². The van der Waals surface area contributed by atoms with Crippen LogP contribution in [-0.2, 0) is 18.4 Å². The maximum absolute atomic E-state index is 12.8. The summed E-state index contributed by atoms with van der Waals surface area (Å²) in [6, 6.07) is -0.911. The summed E-state index contributed by atoms with van der Waals surface area (Å²) in [7, 11) is 1.22. The van der Waals surface area contributed by atoms with Gasteiger partial charge in [-0.25, -0.2) is 0 Å². The first-order chi connectivity index (χ1) is 25.5. The second-order valence-electron chi connectivity index (χ2n) is 15.3. The van der Waals surface area contributed by atoms with Crippen LogP contribution in [0, 0.1) is 0 Å². The Kier molecular flexibility index (Phi) is 34.7. The van der Waals surface area contributed by atoms with Crippen LogP contribution in [0.2, 0.25) is 0 Å². The molecular formula is C44H81N2O6P. The van der Waals surface area contributed by atoms with Gasteiger partial charge in [0.25, 0.3) is 7.82 Å². The number of allylic oxidation sites excluding steroid dienone is 9. The van der Waals surface area contributed by atoms with Crippen LogP contribution in [0.3, 0.4) is 0 Å². The summed E-state index contributed by atoms with van der Waals surface area (Å²) in [5.74, 6) is -0.220. The molecule has 1 amide bonds. The molecule has 0 rings (SSSR count). The number of likely N-dealkylation sites (N-methyl/N-ethyl adjacent to an activating group) is 1. The third-order valence-electron chi connectivity index (χ3n) is 8.96. The molecule has 0 aliphatic heterocycles. The Bertz CT molecular complexity index is 1050. The first-order valence-corrected chi connectivity index (χ1v) is 22.6. The summed E-state index contributed by atoms with van der Waals surface area (Å²) in [5.41, 5.74) is 0. The molecule has 0 fully saturated rings. The number of rotatable bonds is 37. The van der Waals surface area contributed by atoms with E-state index in [1.165, 1.54) is 83.5 Å². The number of carbonyl (C=O) groups is 1. The minimum Gasteiger partial charge on any atom is -0.756 e. The largest absolute Gasteiger partial charge is 0.756 e. The minimum absolute atomic E-state index is 0.0121. The lowest BCUT2D eigenvalue weighted by atomic mass is 10.0. The predicted octanol–water partition coefficient (Wildman–Crippen LogP) is 10.8. The van der Waals surface area contributed by atoms with E-state index < -0.39 is 26.6 Å². The van der Waals surface area contributed by atoms with Gasteiger partial charge >= 0.3 is 0 Å². The van der Waals surface area contributed by atoms with E-state index in [-0.39, 0.29) is 12.5 Å². The fourth-order valence-corrected chi connectivity index (χ4v) is 6.23. The van der Waals surface area contributed by atoms with Crippen molar-refractivity contribution < 1.29 is 32.9 Å². The number of quaternary nitrogens is 1. The summed E-state index contributed by atoms with van der Waals surface area (Å²) in [4.78, 5) is 25.2. The fraction of sp³-hybridized carbons (Fsp3) is 0.750. The van der Waals surface area contributed by atoms with Gasteiger partial charge < -0.3 is 28.8 Å². The highest BCUT2D eigenvalue weighted by molar-refractivity contribution is 7.45. The zero-order chi connectivity index (χ0) is 39.3. The molecule has 8 nitrogen and oxygen atoms in total. The Morgan fingerprint density at radius 3 is 1.68 bits per heavy atom. The van der Waals surface area contributed by atoms with Gasteiger partial charge in [0.2, 0.25) is 5.91 Å². The quantitative estimate of drug-likeness (QED) is 0.0214. The van der Waals surface area contributed by atoms with Gasteiger partial charge in [0.1, 0.15) is 13.2 Å². The van der Waals surface area contributed by atoms with Gasteiger partial charge in [-0.1, -0.05) is 152 Å². The Morgan fingerprint density at radius 1 is 0.660 bits per heavy atom.